The number of aliphatic hydroxyl groups excluding tert-OH is 1. The van der Waals surface area contributed by atoms with Gasteiger partial charge in [0.2, 0.25) is 0 Å². The van der Waals surface area contributed by atoms with E-state index >= 15 is 0 Å². The van der Waals surface area contributed by atoms with Crippen molar-refractivity contribution in [1.29, 1.82) is 0 Å². The summed E-state index contributed by atoms with van der Waals surface area (Å²) in [5.41, 5.74) is 0.279. The van der Waals surface area contributed by atoms with E-state index in [1.54, 1.807) is 0 Å². The molecule has 18 heavy (non-hydrogen) atoms. The second-order valence-corrected chi connectivity index (χ2v) is 6.89. The van der Waals surface area contributed by atoms with E-state index < -0.39 is 0 Å². The molecule has 1 atom stereocenters. The molecular formula is C14H28N2O2. The molecule has 0 spiro atoms. The number of ether oxygens (including phenoxy) is 1. The largest absolute Gasteiger partial charge is 0.396 e. The van der Waals surface area contributed by atoms with Gasteiger partial charge in [-0.25, -0.2) is 0 Å². The van der Waals surface area contributed by atoms with Crippen molar-refractivity contribution in [1.82, 2.24) is 9.80 Å². The topological polar surface area (TPSA) is 35.9 Å². The highest BCUT2D eigenvalue weighted by Crippen LogP contribution is 2.29. The van der Waals surface area contributed by atoms with Crippen LogP contribution in [0.5, 0.6) is 0 Å². The molecule has 2 aliphatic heterocycles. The Labute approximate surface area is 111 Å². The van der Waals surface area contributed by atoms with Crippen LogP contribution >= 0.6 is 0 Å². The molecule has 1 N–H and O–H groups in total. The van der Waals surface area contributed by atoms with Crippen LogP contribution in [0.1, 0.15) is 27.2 Å². The molecule has 106 valence electrons. The van der Waals surface area contributed by atoms with Gasteiger partial charge in [-0.3, -0.25) is 4.90 Å². The van der Waals surface area contributed by atoms with Crippen molar-refractivity contribution in [3.8, 4) is 0 Å². The van der Waals surface area contributed by atoms with E-state index in [1.165, 1.54) is 0 Å². The molecule has 2 aliphatic rings. The molecule has 0 saturated carbocycles. The van der Waals surface area contributed by atoms with Gasteiger partial charge in [0.15, 0.2) is 0 Å². The van der Waals surface area contributed by atoms with E-state index in [2.05, 4.69) is 30.6 Å². The molecule has 0 aromatic heterocycles. The van der Waals surface area contributed by atoms with Gasteiger partial charge in [-0.05, 0) is 27.2 Å². The van der Waals surface area contributed by atoms with Crippen LogP contribution in [0.3, 0.4) is 0 Å². The zero-order chi connectivity index (χ0) is 13.2. The Morgan fingerprint density at radius 1 is 1.17 bits per heavy atom. The quantitative estimate of drug-likeness (QED) is 0.810. The van der Waals surface area contributed by atoms with Crippen LogP contribution < -0.4 is 0 Å². The zero-order valence-electron chi connectivity index (χ0n) is 12.1. The predicted octanol–water partition coefficient (Wildman–Crippen LogP) is 0.802. The summed E-state index contributed by atoms with van der Waals surface area (Å²) >= 11 is 0. The summed E-state index contributed by atoms with van der Waals surface area (Å²) < 4.78 is 5.47. The summed E-state index contributed by atoms with van der Waals surface area (Å²) in [6, 6.07) is 0. The molecule has 0 amide bonds. The van der Waals surface area contributed by atoms with Crippen molar-refractivity contribution in [2.24, 2.45) is 5.41 Å². The molecule has 2 saturated heterocycles. The fourth-order valence-corrected chi connectivity index (χ4v) is 3.00. The van der Waals surface area contributed by atoms with Gasteiger partial charge in [0.1, 0.15) is 0 Å². The first-order valence-electron chi connectivity index (χ1n) is 7.11. The zero-order valence-corrected chi connectivity index (χ0v) is 12.1. The lowest BCUT2D eigenvalue weighted by atomic mass is 9.87. The smallest absolute Gasteiger partial charge is 0.0557 e. The maximum absolute atomic E-state index is 9.61. The minimum Gasteiger partial charge on any atom is -0.396 e. The molecule has 0 aromatic rings. The Bertz CT molecular complexity index is 261. The summed E-state index contributed by atoms with van der Waals surface area (Å²) in [6.45, 7) is 14.1. The number of nitrogens with zero attached hydrogens (tertiary/aromatic N) is 2. The average molecular weight is 256 g/mol. The Hall–Kier alpha value is -0.160. The van der Waals surface area contributed by atoms with Crippen molar-refractivity contribution < 1.29 is 9.84 Å². The van der Waals surface area contributed by atoms with Crippen molar-refractivity contribution in [3.63, 3.8) is 0 Å². The Kier molecular flexibility index (Phi) is 4.32. The normalized spacial score (nSPS) is 32.0. The van der Waals surface area contributed by atoms with Crippen LogP contribution in [0.4, 0.5) is 0 Å². The molecule has 4 heteroatoms. The van der Waals surface area contributed by atoms with Crippen molar-refractivity contribution in [3.05, 3.63) is 0 Å². The Morgan fingerprint density at radius 2 is 1.83 bits per heavy atom. The van der Waals surface area contributed by atoms with E-state index in [-0.39, 0.29) is 17.6 Å². The lowest BCUT2D eigenvalue weighted by Gasteiger charge is -2.44. The van der Waals surface area contributed by atoms with Gasteiger partial charge in [0.05, 0.1) is 13.2 Å². The average Bonchev–Trinajstić information content (AvgIpc) is 2.78. The van der Waals surface area contributed by atoms with Crippen LogP contribution in [0.15, 0.2) is 0 Å². The minimum atomic E-state index is 0.00387. The SMILES string of the molecule is CC(C)(C)N1CCN(CC2(CO)CCOC2)CC1. The van der Waals surface area contributed by atoms with E-state index in [9.17, 15) is 5.11 Å². The maximum Gasteiger partial charge on any atom is 0.0557 e. The molecule has 0 aliphatic carbocycles. The molecule has 2 heterocycles. The van der Waals surface area contributed by atoms with Crippen LogP contribution in [-0.4, -0.2) is 73.0 Å². The standard InChI is InChI=1S/C14H28N2O2/c1-13(2,3)16-7-5-15(6-8-16)10-14(11-17)4-9-18-12-14/h17H,4-12H2,1-3H3. The van der Waals surface area contributed by atoms with Gasteiger partial charge in [0, 0.05) is 50.3 Å². The number of piperazine rings is 1. The highest BCUT2D eigenvalue weighted by Gasteiger charge is 2.37. The summed E-state index contributed by atoms with van der Waals surface area (Å²) in [6.07, 6.45) is 1.00. The van der Waals surface area contributed by atoms with E-state index in [1.807, 2.05) is 0 Å². The van der Waals surface area contributed by atoms with Crippen LogP contribution in [0.25, 0.3) is 0 Å². The van der Waals surface area contributed by atoms with Crippen LogP contribution in [0, 0.1) is 5.41 Å². The number of aliphatic hydroxyl groups is 1. The first-order valence-corrected chi connectivity index (χ1v) is 7.11. The van der Waals surface area contributed by atoms with Gasteiger partial charge >= 0.3 is 0 Å². The third-order valence-corrected chi connectivity index (χ3v) is 4.40. The van der Waals surface area contributed by atoms with E-state index in [0.29, 0.717) is 0 Å². The van der Waals surface area contributed by atoms with E-state index in [0.717, 1.165) is 52.4 Å². The summed E-state index contributed by atoms with van der Waals surface area (Å²) in [7, 11) is 0. The van der Waals surface area contributed by atoms with Gasteiger partial charge in [-0.1, -0.05) is 0 Å². The van der Waals surface area contributed by atoms with Gasteiger partial charge in [-0.2, -0.15) is 0 Å². The Morgan fingerprint density at radius 3 is 2.28 bits per heavy atom. The molecule has 0 bridgehead atoms. The number of hydrogen-bond acceptors (Lipinski definition) is 4. The fraction of sp³-hybridized carbons (Fsp3) is 1.00. The summed E-state index contributed by atoms with van der Waals surface area (Å²) in [5.74, 6) is 0. The summed E-state index contributed by atoms with van der Waals surface area (Å²) in [4.78, 5) is 5.04. The Balaban J connectivity index is 1.83. The molecule has 0 radical (unpaired) electrons. The lowest BCUT2D eigenvalue weighted by Crippen LogP contribution is -2.55. The fourth-order valence-electron chi connectivity index (χ4n) is 3.00. The van der Waals surface area contributed by atoms with Gasteiger partial charge < -0.3 is 14.7 Å². The molecule has 0 aromatic carbocycles. The highest BCUT2D eigenvalue weighted by molar-refractivity contribution is 4.89. The number of hydrogen-bond donors (Lipinski definition) is 1. The first kappa shape index (κ1) is 14.3. The monoisotopic (exact) mass is 256 g/mol. The van der Waals surface area contributed by atoms with Crippen molar-refractivity contribution in [2.45, 2.75) is 32.7 Å². The molecule has 4 nitrogen and oxygen atoms in total. The minimum absolute atomic E-state index is 0.00387. The van der Waals surface area contributed by atoms with E-state index in [4.69, 9.17) is 4.74 Å². The van der Waals surface area contributed by atoms with Gasteiger partial charge in [0.25, 0.3) is 0 Å². The number of rotatable bonds is 3. The van der Waals surface area contributed by atoms with Gasteiger partial charge in [-0.15, -0.1) is 0 Å². The molecule has 1 unspecified atom stereocenters. The second kappa shape index (κ2) is 5.45. The van der Waals surface area contributed by atoms with Crippen LogP contribution in [-0.2, 0) is 4.74 Å². The molecule has 2 fully saturated rings. The third-order valence-electron chi connectivity index (χ3n) is 4.40. The summed E-state index contributed by atoms with van der Waals surface area (Å²) in [5, 5.41) is 9.61. The van der Waals surface area contributed by atoms with Crippen LogP contribution in [0.2, 0.25) is 0 Å². The third kappa shape index (κ3) is 3.23. The first-order chi connectivity index (χ1) is 8.45. The van der Waals surface area contributed by atoms with Crippen molar-refractivity contribution in [2.75, 3.05) is 52.5 Å². The lowest BCUT2D eigenvalue weighted by molar-refractivity contribution is 0.0159. The molecular weight excluding hydrogens is 228 g/mol. The second-order valence-electron chi connectivity index (χ2n) is 6.89. The predicted molar refractivity (Wildman–Crippen MR) is 72.7 cm³/mol. The van der Waals surface area contributed by atoms with Crippen molar-refractivity contribution >= 4 is 0 Å². The molecule has 2 rings (SSSR count). The highest BCUT2D eigenvalue weighted by atomic mass is 16.5. The maximum atomic E-state index is 9.61.